The van der Waals surface area contributed by atoms with E-state index >= 15 is 0 Å². The van der Waals surface area contributed by atoms with Crippen LogP contribution in [-0.4, -0.2) is 158 Å². The number of hydrogen-bond acceptors (Lipinski definition) is 14. The van der Waals surface area contributed by atoms with Gasteiger partial charge in [-0.05, 0) is 0 Å². The van der Waals surface area contributed by atoms with Crippen LogP contribution in [0, 0.1) is 0 Å². The van der Waals surface area contributed by atoms with Crippen molar-refractivity contribution in [3.8, 4) is 0 Å². The van der Waals surface area contributed by atoms with E-state index < -0.39 is 82.4 Å². The van der Waals surface area contributed by atoms with E-state index in [9.17, 15) is 35.7 Å². The summed E-state index contributed by atoms with van der Waals surface area (Å²) in [5, 5.41) is 76.5. The maximum absolute atomic E-state index is 9.94. The van der Waals surface area contributed by atoms with Gasteiger partial charge in [-0.3, -0.25) is 0 Å². The number of rotatable bonds is 4. The van der Waals surface area contributed by atoms with Gasteiger partial charge in [-0.15, -0.1) is 0 Å². The summed E-state index contributed by atoms with van der Waals surface area (Å²) in [5.41, 5.74) is 0. The summed E-state index contributed by atoms with van der Waals surface area (Å²) in [7, 11) is -5.14. The van der Waals surface area contributed by atoms with E-state index in [0.717, 1.165) is 0 Å². The Labute approximate surface area is 193 Å². The third kappa shape index (κ3) is 8.76. The Morgan fingerprint density at radius 2 is 1.28 bits per heavy atom. The van der Waals surface area contributed by atoms with Gasteiger partial charge in [0, 0.05) is 0 Å². The molecular weight excluding hydrogens is 455 g/mol. The summed E-state index contributed by atoms with van der Waals surface area (Å²) in [6.45, 7) is -1.35. The molecule has 2 saturated heterocycles. The summed E-state index contributed by atoms with van der Waals surface area (Å²) in [4.78, 5) is 24.3. The molecule has 15 nitrogen and oxygen atoms in total. The van der Waals surface area contributed by atoms with Crippen molar-refractivity contribution in [2.24, 2.45) is 0 Å². The predicted molar refractivity (Wildman–Crippen MR) is 84.2 cm³/mol. The molecule has 0 saturated carbocycles. The van der Waals surface area contributed by atoms with Gasteiger partial charge < -0.3 is 74.3 Å². The van der Waals surface area contributed by atoms with Crippen LogP contribution in [0.4, 0.5) is 0 Å². The number of aliphatic hydroxyl groups is 8. The summed E-state index contributed by atoms with van der Waals surface area (Å²) in [6.07, 6.45) is -15.6. The Morgan fingerprint density at radius 1 is 0.793 bits per heavy atom. The molecule has 2 aliphatic rings. The van der Waals surface area contributed by atoms with Gasteiger partial charge in [0.1, 0.15) is 48.8 Å². The minimum Gasteiger partial charge on any atom is -0.790 e. The Morgan fingerprint density at radius 3 is 1.72 bits per heavy atom. The van der Waals surface area contributed by atoms with Crippen molar-refractivity contribution in [3.63, 3.8) is 0 Å². The van der Waals surface area contributed by atoms with Crippen LogP contribution in [0.2, 0.25) is 0 Å². The maximum Gasteiger partial charge on any atom is 2.00 e. The second kappa shape index (κ2) is 12.8. The van der Waals surface area contributed by atoms with Crippen LogP contribution in [0.15, 0.2) is 0 Å². The monoisotopic (exact) mass is 478 g/mol. The molecule has 2 rings (SSSR count). The third-order valence-corrected chi connectivity index (χ3v) is 3.98. The number of ether oxygens (including phenoxy) is 3. The Hall–Kier alpha value is 0.930. The number of phosphoric acid groups is 1. The van der Waals surface area contributed by atoms with Crippen molar-refractivity contribution in [1.82, 2.24) is 0 Å². The zero-order valence-electron chi connectivity index (χ0n) is 14.8. The quantitative estimate of drug-likeness (QED) is 0.134. The Bertz CT molecular complexity index is 509. The van der Waals surface area contributed by atoms with Crippen molar-refractivity contribution < 1.29 is 74.3 Å². The average Bonchev–Trinajstić information content (AvgIpc) is 2.60. The normalized spacial score (nSPS) is 43.0. The van der Waals surface area contributed by atoms with E-state index in [0.29, 0.717) is 0 Å². The first kappa shape index (κ1) is 29.9. The van der Waals surface area contributed by atoms with Gasteiger partial charge in [0.15, 0.2) is 12.6 Å². The predicted octanol–water partition coefficient (Wildman–Crippen LogP) is -7.97. The smallest absolute Gasteiger partial charge is 0.790 e. The molecule has 0 aromatic carbocycles. The zero-order chi connectivity index (χ0) is 21.8. The zero-order valence-corrected chi connectivity index (χ0v) is 17.9. The van der Waals surface area contributed by atoms with E-state index in [1.807, 2.05) is 0 Å². The molecule has 2 aliphatic heterocycles. The van der Waals surface area contributed by atoms with Gasteiger partial charge in [-0.2, -0.15) is 0 Å². The maximum atomic E-state index is 9.94. The topological polar surface area (TPSA) is 273 Å². The van der Waals surface area contributed by atoms with Crippen LogP contribution in [0.25, 0.3) is 0 Å². The second-order valence-electron chi connectivity index (χ2n) is 6.00. The summed E-state index contributed by atoms with van der Waals surface area (Å²) in [5.74, 6) is 0. The first-order valence-corrected chi connectivity index (χ1v) is 9.32. The number of aliphatic hydroxyl groups excluding tert-OH is 8. The molecule has 0 spiro atoms. The van der Waals surface area contributed by atoms with E-state index in [4.69, 9.17) is 38.6 Å². The number of hydrogen-bond donors (Lipinski definition) is 9. The first-order chi connectivity index (χ1) is 12.8. The van der Waals surface area contributed by atoms with Crippen LogP contribution >= 0.6 is 7.82 Å². The summed E-state index contributed by atoms with van der Waals surface area (Å²) in [6, 6.07) is 0. The van der Waals surface area contributed by atoms with Crippen molar-refractivity contribution in [2.75, 3.05) is 13.2 Å². The van der Waals surface area contributed by atoms with Crippen molar-refractivity contribution >= 4 is 45.6 Å². The largest absolute Gasteiger partial charge is 2.00 e. The summed E-state index contributed by atoms with van der Waals surface area (Å²) >= 11 is 0. The molecule has 0 aromatic heterocycles. The minimum absolute atomic E-state index is 0. The van der Waals surface area contributed by atoms with Crippen molar-refractivity contribution in [3.05, 3.63) is 0 Å². The minimum atomic E-state index is -5.14. The van der Waals surface area contributed by atoms with Gasteiger partial charge in [0.2, 0.25) is 0 Å². The molecule has 29 heavy (non-hydrogen) atoms. The first-order valence-electron chi connectivity index (χ1n) is 7.83. The van der Waals surface area contributed by atoms with E-state index in [2.05, 4.69) is 0 Å². The fraction of sp³-hybridized carbons (Fsp3) is 1.00. The van der Waals surface area contributed by atoms with Gasteiger partial charge in [0.25, 0.3) is 0 Å². The standard InChI is InChI=1S/C12H22O11.Ca.H3O4P/c13-1-3-5(15)6(16)9(19)12(22-3)23-10-4(2-14)21-11(20)8(18)7(10)17;;1-5(2,3)4/h3-20H,1-2H2;;(H3,1,2,3,4)/q;+2;/p-2/t3-,4-,5+,6+,7-,8-,9-,10-,11?,12+;;/m1../s1. The fourth-order valence-corrected chi connectivity index (χ4v) is 2.57. The molecular formula is C12H23CaO15P. The molecule has 2 fully saturated rings. The molecule has 2 heterocycles. The SMILES string of the molecule is O=P([O-])([O-])O.OC[C@H]1O[C@@H](O[C@H]2[C@H](O)[C@@H](O)C(O)O[C@@H]2CO)[C@H](O)[C@@H](O)[C@H]1O.[Ca+2]. The van der Waals surface area contributed by atoms with Crippen molar-refractivity contribution in [1.29, 1.82) is 0 Å². The van der Waals surface area contributed by atoms with Crippen LogP contribution in [0.5, 0.6) is 0 Å². The Kier molecular flexibility index (Phi) is 13.2. The van der Waals surface area contributed by atoms with Crippen molar-refractivity contribution in [2.45, 2.75) is 61.4 Å². The van der Waals surface area contributed by atoms with Crippen LogP contribution < -0.4 is 9.79 Å². The van der Waals surface area contributed by atoms with Crippen LogP contribution in [0.1, 0.15) is 0 Å². The van der Waals surface area contributed by atoms with Gasteiger partial charge in [-0.1, -0.05) is 0 Å². The fourth-order valence-electron chi connectivity index (χ4n) is 2.57. The summed E-state index contributed by atoms with van der Waals surface area (Å²) < 4.78 is 23.9. The average molecular weight is 478 g/mol. The molecule has 168 valence electrons. The molecule has 1 unspecified atom stereocenters. The molecule has 0 bridgehead atoms. The second-order valence-corrected chi connectivity index (χ2v) is 6.93. The molecule has 0 aliphatic carbocycles. The van der Waals surface area contributed by atoms with Crippen LogP contribution in [0.3, 0.4) is 0 Å². The molecule has 10 atom stereocenters. The molecule has 0 radical (unpaired) electrons. The van der Waals surface area contributed by atoms with E-state index in [1.165, 1.54) is 0 Å². The van der Waals surface area contributed by atoms with Gasteiger partial charge in [0.05, 0.1) is 21.0 Å². The van der Waals surface area contributed by atoms with Gasteiger partial charge >= 0.3 is 37.7 Å². The van der Waals surface area contributed by atoms with Gasteiger partial charge in [-0.25, -0.2) is 0 Å². The Balaban J connectivity index is 0.00000117. The molecule has 9 N–H and O–H groups in total. The van der Waals surface area contributed by atoms with Crippen LogP contribution in [-0.2, 0) is 18.8 Å². The molecule has 0 aromatic rings. The van der Waals surface area contributed by atoms with E-state index in [1.54, 1.807) is 0 Å². The third-order valence-electron chi connectivity index (χ3n) is 3.98. The van der Waals surface area contributed by atoms with E-state index in [-0.39, 0.29) is 37.7 Å². The molecule has 0 amide bonds. The molecule has 17 heteroatoms.